The van der Waals surface area contributed by atoms with E-state index in [0.29, 0.717) is 5.41 Å². The van der Waals surface area contributed by atoms with Crippen LogP contribution < -0.4 is 0 Å². The lowest BCUT2D eigenvalue weighted by atomic mass is 9.83. The molecule has 0 aromatic carbocycles. The van der Waals surface area contributed by atoms with Crippen LogP contribution >= 0.6 is 0 Å². The molecule has 0 aromatic rings. The lowest BCUT2D eigenvalue weighted by molar-refractivity contribution is 0.0337. The van der Waals surface area contributed by atoms with Crippen molar-refractivity contribution >= 4 is 0 Å². The Bertz CT molecular complexity index is 246. The van der Waals surface area contributed by atoms with Gasteiger partial charge in [0.25, 0.3) is 0 Å². The highest BCUT2D eigenvalue weighted by molar-refractivity contribution is 4.72. The second-order valence-electron chi connectivity index (χ2n) is 7.28. The molecule has 0 bridgehead atoms. The standard InChI is InChI=1S/C17H34N2O2/c1-17(2,5-3-7-18-9-13-20-14-10-18)6-4-8-19-11-15-21-16-12-19/h3-16H2,1-2H3. The number of rotatable bonds is 8. The Kier molecular flexibility index (Phi) is 7.44. The van der Waals surface area contributed by atoms with Crippen molar-refractivity contribution in [2.45, 2.75) is 39.5 Å². The maximum absolute atomic E-state index is 5.40. The van der Waals surface area contributed by atoms with Crippen LogP contribution in [0.3, 0.4) is 0 Å². The average molecular weight is 298 g/mol. The summed E-state index contributed by atoms with van der Waals surface area (Å²) in [5, 5.41) is 0. The minimum atomic E-state index is 0.485. The Morgan fingerprint density at radius 3 is 1.48 bits per heavy atom. The van der Waals surface area contributed by atoms with E-state index in [-0.39, 0.29) is 0 Å². The zero-order chi connectivity index (χ0) is 15.0. The molecule has 2 aliphatic heterocycles. The molecule has 0 unspecified atom stereocenters. The number of hydrogen-bond donors (Lipinski definition) is 0. The SMILES string of the molecule is CC(C)(CCCN1CCOCC1)CCCN1CCOCC1. The Labute approximate surface area is 130 Å². The molecule has 2 aliphatic rings. The topological polar surface area (TPSA) is 24.9 Å². The first-order valence-corrected chi connectivity index (χ1v) is 8.76. The lowest BCUT2D eigenvalue weighted by Crippen LogP contribution is -2.37. The summed E-state index contributed by atoms with van der Waals surface area (Å²) in [5.41, 5.74) is 0.485. The Balaban J connectivity index is 1.53. The molecule has 124 valence electrons. The molecule has 2 fully saturated rings. The van der Waals surface area contributed by atoms with Crippen molar-refractivity contribution in [3.63, 3.8) is 0 Å². The van der Waals surface area contributed by atoms with Gasteiger partial charge in [-0.05, 0) is 44.2 Å². The minimum Gasteiger partial charge on any atom is -0.379 e. The first-order chi connectivity index (χ1) is 10.2. The fourth-order valence-electron chi connectivity index (χ4n) is 3.34. The fourth-order valence-corrected chi connectivity index (χ4v) is 3.34. The van der Waals surface area contributed by atoms with Gasteiger partial charge in [-0.2, -0.15) is 0 Å². The highest BCUT2D eigenvalue weighted by Crippen LogP contribution is 2.28. The molecule has 4 heteroatoms. The highest BCUT2D eigenvalue weighted by Gasteiger charge is 2.19. The molecule has 2 heterocycles. The molecule has 0 aliphatic carbocycles. The van der Waals surface area contributed by atoms with Gasteiger partial charge < -0.3 is 9.47 Å². The highest BCUT2D eigenvalue weighted by atomic mass is 16.5. The van der Waals surface area contributed by atoms with Crippen LogP contribution in [0.5, 0.6) is 0 Å². The van der Waals surface area contributed by atoms with Crippen LogP contribution in [0, 0.1) is 5.41 Å². The van der Waals surface area contributed by atoms with Crippen molar-refractivity contribution in [3.05, 3.63) is 0 Å². The number of ether oxygens (including phenoxy) is 2. The third-order valence-electron chi connectivity index (χ3n) is 4.86. The molecule has 0 spiro atoms. The third kappa shape index (κ3) is 7.09. The van der Waals surface area contributed by atoms with E-state index in [1.165, 1.54) is 38.8 Å². The van der Waals surface area contributed by atoms with Crippen LogP contribution in [-0.2, 0) is 9.47 Å². The normalized spacial score (nSPS) is 22.6. The molecular weight excluding hydrogens is 264 g/mol. The summed E-state index contributed by atoms with van der Waals surface area (Å²) in [6.45, 7) is 15.5. The molecule has 0 aromatic heterocycles. The largest absolute Gasteiger partial charge is 0.379 e. The maximum Gasteiger partial charge on any atom is 0.0594 e. The van der Waals surface area contributed by atoms with E-state index in [4.69, 9.17) is 9.47 Å². The molecule has 4 nitrogen and oxygen atoms in total. The summed E-state index contributed by atoms with van der Waals surface area (Å²) in [6.07, 6.45) is 5.33. The Morgan fingerprint density at radius 1 is 0.714 bits per heavy atom. The quantitative estimate of drug-likeness (QED) is 0.686. The van der Waals surface area contributed by atoms with E-state index in [9.17, 15) is 0 Å². The molecule has 0 saturated carbocycles. The van der Waals surface area contributed by atoms with Gasteiger partial charge in [0.15, 0.2) is 0 Å². The monoisotopic (exact) mass is 298 g/mol. The zero-order valence-electron chi connectivity index (χ0n) is 14.1. The Morgan fingerprint density at radius 2 is 1.10 bits per heavy atom. The molecule has 21 heavy (non-hydrogen) atoms. The molecule has 0 amide bonds. The summed E-state index contributed by atoms with van der Waals surface area (Å²) >= 11 is 0. The van der Waals surface area contributed by atoms with Gasteiger partial charge in [0, 0.05) is 26.2 Å². The van der Waals surface area contributed by atoms with Crippen LogP contribution in [0.25, 0.3) is 0 Å². The predicted molar refractivity (Wildman–Crippen MR) is 86.8 cm³/mol. The van der Waals surface area contributed by atoms with Crippen molar-refractivity contribution in [2.75, 3.05) is 65.7 Å². The van der Waals surface area contributed by atoms with Gasteiger partial charge >= 0.3 is 0 Å². The van der Waals surface area contributed by atoms with Crippen molar-refractivity contribution in [2.24, 2.45) is 5.41 Å². The second kappa shape index (κ2) is 9.09. The van der Waals surface area contributed by atoms with Gasteiger partial charge in [-0.25, -0.2) is 0 Å². The third-order valence-corrected chi connectivity index (χ3v) is 4.86. The molecule has 0 atom stereocenters. The number of hydrogen-bond acceptors (Lipinski definition) is 4. The van der Waals surface area contributed by atoms with Crippen LogP contribution in [-0.4, -0.2) is 75.5 Å². The van der Waals surface area contributed by atoms with Gasteiger partial charge in [-0.3, -0.25) is 9.80 Å². The van der Waals surface area contributed by atoms with Crippen molar-refractivity contribution in [1.29, 1.82) is 0 Å². The summed E-state index contributed by atoms with van der Waals surface area (Å²) in [6, 6.07) is 0. The summed E-state index contributed by atoms with van der Waals surface area (Å²) in [7, 11) is 0. The first-order valence-electron chi connectivity index (χ1n) is 8.76. The van der Waals surface area contributed by atoms with Gasteiger partial charge in [-0.15, -0.1) is 0 Å². The molecule has 0 radical (unpaired) electrons. The summed E-state index contributed by atoms with van der Waals surface area (Å²) in [4.78, 5) is 5.10. The molecule has 2 saturated heterocycles. The van der Waals surface area contributed by atoms with E-state index >= 15 is 0 Å². The summed E-state index contributed by atoms with van der Waals surface area (Å²) < 4.78 is 10.8. The predicted octanol–water partition coefficient (Wildman–Crippen LogP) is 2.24. The van der Waals surface area contributed by atoms with E-state index in [1.54, 1.807) is 0 Å². The Hall–Kier alpha value is -0.160. The summed E-state index contributed by atoms with van der Waals surface area (Å²) in [5.74, 6) is 0. The van der Waals surface area contributed by atoms with Crippen LogP contribution in [0.4, 0.5) is 0 Å². The van der Waals surface area contributed by atoms with Gasteiger partial charge in [0.05, 0.1) is 26.4 Å². The van der Waals surface area contributed by atoms with E-state index < -0.39 is 0 Å². The van der Waals surface area contributed by atoms with Gasteiger partial charge in [-0.1, -0.05) is 13.8 Å². The van der Waals surface area contributed by atoms with Crippen LogP contribution in [0.15, 0.2) is 0 Å². The maximum atomic E-state index is 5.40. The minimum absolute atomic E-state index is 0.485. The van der Waals surface area contributed by atoms with Crippen LogP contribution in [0.2, 0.25) is 0 Å². The average Bonchev–Trinajstić information content (AvgIpc) is 2.49. The van der Waals surface area contributed by atoms with Crippen molar-refractivity contribution in [1.82, 2.24) is 9.80 Å². The smallest absolute Gasteiger partial charge is 0.0594 e. The molecule has 0 N–H and O–H groups in total. The van der Waals surface area contributed by atoms with Gasteiger partial charge in [0.1, 0.15) is 0 Å². The molecule has 2 rings (SSSR count). The number of nitrogens with zero attached hydrogens (tertiary/aromatic N) is 2. The number of morpholine rings is 2. The van der Waals surface area contributed by atoms with E-state index in [2.05, 4.69) is 23.6 Å². The van der Waals surface area contributed by atoms with E-state index in [1.807, 2.05) is 0 Å². The molecular formula is C17H34N2O2. The zero-order valence-corrected chi connectivity index (χ0v) is 14.1. The van der Waals surface area contributed by atoms with Crippen molar-refractivity contribution < 1.29 is 9.47 Å². The van der Waals surface area contributed by atoms with Crippen LogP contribution in [0.1, 0.15) is 39.5 Å². The van der Waals surface area contributed by atoms with Crippen molar-refractivity contribution in [3.8, 4) is 0 Å². The van der Waals surface area contributed by atoms with Gasteiger partial charge in [0.2, 0.25) is 0 Å². The lowest BCUT2D eigenvalue weighted by Gasteiger charge is -2.31. The second-order valence-corrected chi connectivity index (χ2v) is 7.28. The fraction of sp³-hybridized carbons (Fsp3) is 1.00. The van der Waals surface area contributed by atoms with E-state index in [0.717, 1.165) is 52.6 Å². The first kappa shape index (κ1) is 17.2.